The highest BCUT2D eigenvalue weighted by atomic mass is 19.1. The van der Waals surface area contributed by atoms with Crippen LogP contribution in [0.4, 0.5) is 4.39 Å². The Hall–Kier alpha value is -3.92. The summed E-state index contributed by atoms with van der Waals surface area (Å²) in [5, 5.41) is 1.05. The third-order valence-electron chi connectivity index (χ3n) is 5.48. The van der Waals surface area contributed by atoms with Crippen LogP contribution in [-0.2, 0) is 6.54 Å². The van der Waals surface area contributed by atoms with Crippen molar-refractivity contribution in [1.29, 1.82) is 0 Å². The minimum Gasteiger partial charge on any atom is -0.497 e. The van der Waals surface area contributed by atoms with Crippen molar-refractivity contribution in [2.75, 3.05) is 7.11 Å². The van der Waals surface area contributed by atoms with E-state index >= 15 is 0 Å². The molecule has 5 rings (SSSR count). The number of pyridine rings is 1. The number of aromatic nitrogens is 2. The lowest BCUT2D eigenvalue weighted by molar-refractivity contribution is 0.414. The largest absolute Gasteiger partial charge is 0.497 e. The molecule has 3 nitrogen and oxygen atoms in total. The molecular weight excluding hydrogens is 387 g/mol. The summed E-state index contributed by atoms with van der Waals surface area (Å²) in [5.41, 5.74) is 5.98. The summed E-state index contributed by atoms with van der Waals surface area (Å²) < 4.78 is 21.5. The number of fused-ring (bicyclic) bond motifs is 1. The first-order chi connectivity index (χ1) is 15.2. The molecule has 0 aliphatic carbocycles. The molecule has 4 heteroatoms. The molecule has 152 valence electrons. The van der Waals surface area contributed by atoms with Gasteiger partial charge in [-0.15, -0.1) is 0 Å². The van der Waals surface area contributed by atoms with Gasteiger partial charge in [0, 0.05) is 35.5 Å². The van der Waals surface area contributed by atoms with Gasteiger partial charge in [0.2, 0.25) is 0 Å². The van der Waals surface area contributed by atoms with Crippen LogP contribution >= 0.6 is 0 Å². The molecule has 0 amide bonds. The molecule has 0 saturated carbocycles. The van der Waals surface area contributed by atoms with Crippen LogP contribution in [0.3, 0.4) is 0 Å². The zero-order chi connectivity index (χ0) is 21.2. The fourth-order valence-electron chi connectivity index (χ4n) is 4.00. The van der Waals surface area contributed by atoms with Gasteiger partial charge >= 0.3 is 0 Å². The van der Waals surface area contributed by atoms with Crippen LogP contribution in [-0.4, -0.2) is 16.7 Å². The van der Waals surface area contributed by atoms with E-state index in [9.17, 15) is 4.39 Å². The second-order valence-corrected chi connectivity index (χ2v) is 7.45. The summed E-state index contributed by atoms with van der Waals surface area (Å²) >= 11 is 0. The van der Waals surface area contributed by atoms with E-state index < -0.39 is 0 Å². The molecule has 0 saturated heterocycles. The molecule has 2 heterocycles. The van der Waals surface area contributed by atoms with E-state index in [-0.39, 0.29) is 5.82 Å². The summed E-state index contributed by atoms with van der Waals surface area (Å²) in [4.78, 5) is 4.72. The molecule has 0 aliphatic heterocycles. The normalized spacial score (nSPS) is 11.0. The molecule has 0 spiro atoms. The van der Waals surface area contributed by atoms with Crippen molar-refractivity contribution in [2.24, 2.45) is 0 Å². The van der Waals surface area contributed by atoms with E-state index in [1.54, 1.807) is 19.2 Å². The summed E-state index contributed by atoms with van der Waals surface area (Å²) in [6.45, 7) is 0.668. The first-order valence-electron chi connectivity index (χ1n) is 10.1. The van der Waals surface area contributed by atoms with E-state index in [0.29, 0.717) is 6.54 Å². The average molecular weight is 408 g/mol. The Morgan fingerprint density at radius 1 is 0.871 bits per heavy atom. The fourth-order valence-corrected chi connectivity index (χ4v) is 4.00. The van der Waals surface area contributed by atoms with Crippen LogP contribution in [0.15, 0.2) is 97.3 Å². The summed E-state index contributed by atoms with van der Waals surface area (Å²) in [7, 11) is 1.66. The van der Waals surface area contributed by atoms with Gasteiger partial charge in [0.25, 0.3) is 0 Å². The Morgan fingerprint density at radius 2 is 1.65 bits per heavy atom. The van der Waals surface area contributed by atoms with Crippen molar-refractivity contribution in [3.8, 4) is 28.1 Å². The predicted molar refractivity (Wildman–Crippen MR) is 123 cm³/mol. The van der Waals surface area contributed by atoms with Gasteiger partial charge in [-0.3, -0.25) is 4.98 Å². The molecular formula is C27H21FN2O. The maximum atomic E-state index is 14.0. The SMILES string of the molecule is COc1ccc(Cn2cc(-c3cccc(F)c3)c3ccnc(-c4ccccc4)c32)cc1. The van der Waals surface area contributed by atoms with Crippen LogP contribution in [0.25, 0.3) is 33.3 Å². The smallest absolute Gasteiger partial charge is 0.123 e. The summed E-state index contributed by atoms with van der Waals surface area (Å²) in [5.74, 6) is 0.582. The summed E-state index contributed by atoms with van der Waals surface area (Å²) in [6.07, 6.45) is 3.92. The lowest BCUT2D eigenvalue weighted by Gasteiger charge is -2.10. The highest BCUT2D eigenvalue weighted by molar-refractivity contribution is 6.02. The number of hydrogen-bond donors (Lipinski definition) is 0. The predicted octanol–water partition coefficient (Wildman–Crippen LogP) is 6.57. The van der Waals surface area contributed by atoms with Crippen LogP contribution in [0.5, 0.6) is 5.75 Å². The molecule has 0 aliphatic rings. The number of rotatable bonds is 5. The molecule has 0 fully saturated rings. The third-order valence-corrected chi connectivity index (χ3v) is 5.48. The highest BCUT2D eigenvalue weighted by Gasteiger charge is 2.16. The van der Waals surface area contributed by atoms with E-state index in [4.69, 9.17) is 9.72 Å². The Balaban J connectivity index is 1.72. The highest BCUT2D eigenvalue weighted by Crippen LogP contribution is 2.36. The number of benzene rings is 3. The van der Waals surface area contributed by atoms with Gasteiger partial charge < -0.3 is 9.30 Å². The van der Waals surface area contributed by atoms with Gasteiger partial charge in [0.15, 0.2) is 0 Å². The first-order valence-corrected chi connectivity index (χ1v) is 10.1. The van der Waals surface area contributed by atoms with Crippen molar-refractivity contribution in [3.63, 3.8) is 0 Å². The third kappa shape index (κ3) is 3.68. The molecule has 0 atom stereocenters. The van der Waals surface area contributed by atoms with Crippen molar-refractivity contribution in [2.45, 2.75) is 6.54 Å². The van der Waals surface area contributed by atoms with Crippen LogP contribution < -0.4 is 4.74 Å². The number of nitrogens with zero attached hydrogens (tertiary/aromatic N) is 2. The maximum Gasteiger partial charge on any atom is 0.123 e. The minimum atomic E-state index is -0.245. The van der Waals surface area contributed by atoms with Gasteiger partial charge in [-0.1, -0.05) is 54.6 Å². The van der Waals surface area contributed by atoms with E-state index in [2.05, 4.69) is 35.0 Å². The second-order valence-electron chi connectivity index (χ2n) is 7.45. The molecule has 3 aromatic carbocycles. The Bertz CT molecular complexity index is 1340. The van der Waals surface area contributed by atoms with Crippen LogP contribution in [0, 0.1) is 5.82 Å². The average Bonchev–Trinajstić information content (AvgIpc) is 3.19. The summed E-state index contributed by atoms with van der Waals surface area (Å²) in [6, 6.07) is 26.9. The first kappa shape index (κ1) is 19.1. The van der Waals surface area contributed by atoms with Gasteiger partial charge in [-0.25, -0.2) is 4.39 Å². The van der Waals surface area contributed by atoms with E-state index in [1.165, 1.54) is 6.07 Å². The maximum absolute atomic E-state index is 14.0. The quantitative estimate of drug-likeness (QED) is 0.329. The topological polar surface area (TPSA) is 27.1 Å². The van der Waals surface area contributed by atoms with Crippen molar-refractivity contribution in [1.82, 2.24) is 9.55 Å². The standard InChI is InChI=1S/C27H21FN2O/c1-31-23-12-10-19(11-13-23)17-30-18-25(21-8-5-9-22(28)16-21)24-14-15-29-26(27(24)30)20-6-3-2-4-7-20/h2-16,18H,17H2,1H3. The molecule has 0 N–H and O–H groups in total. The minimum absolute atomic E-state index is 0.245. The van der Waals surface area contributed by atoms with Crippen LogP contribution in [0.1, 0.15) is 5.56 Å². The Morgan fingerprint density at radius 3 is 2.39 bits per heavy atom. The van der Waals surface area contributed by atoms with Gasteiger partial charge in [-0.2, -0.15) is 0 Å². The fraction of sp³-hybridized carbons (Fsp3) is 0.0741. The lowest BCUT2D eigenvalue weighted by atomic mass is 10.0. The number of ether oxygens (including phenoxy) is 1. The monoisotopic (exact) mass is 408 g/mol. The van der Waals surface area contributed by atoms with E-state index in [1.807, 2.05) is 48.7 Å². The molecule has 0 radical (unpaired) electrons. The van der Waals surface area contributed by atoms with E-state index in [0.717, 1.165) is 44.6 Å². The molecule has 0 bridgehead atoms. The second kappa shape index (κ2) is 8.07. The number of hydrogen-bond acceptors (Lipinski definition) is 2. The lowest BCUT2D eigenvalue weighted by Crippen LogP contribution is -2.00. The van der Waals surface area contributed by atoms with Crippen LogP contribution in [0.2, 0.25) is 0 Å². The number of methoxy groups -OCH3 is 1. The van der Waals surface area contributed by atoms with Gasteiger partial charge in [0.1, 0.15) is 11.6 Å². The zero-order valence-electron chi connectivity index (χ0n) is 17.1. The Labute approximate surface area is 180 Å². The van der Waals surface area contributed by atoms with Gasteiger partial charge in [-0.05, 0) is 41.5 Å². The van der Waals surface area contributed by atoms with Crippen molar-refractivity contribution < 1.29 is 9.13 Å². The van der Waals surface area contributed by atoms with Crippen molar-refractivity contribution in [3.05, 3.63) is 109 Å². The molecule has 0 unspecified atom stereocenters. The Kier molecular flexibility index (Phi) is 4.97. The van der Waals surface area contributed by atoms with Crippen molar-refractivity contribution >= 4 is 10.9 Å². The van der Waals surface area contributed by atoms with Gasteiger partial charge in [0.05, 0.1) is 18.3 Å². The molecule has 31 heavy (non-hydrogen) atoms. The zero-order valence-corrected chi connectivity index (χ0v) is 17.1. The number of halogens is 1. The molecule has 2 aromatic heterocycles. The molecule has 5 aromatic rings.